The first-order valence-corrected chi connectivity index (χ1v) is 7.75. The number of benzene rings is 1. The minimum absolute atomic E-state index is 0.0154. The molecule has 22 heavy (non-hydrogen) atoms. The summed E-state index contributed by atoms with van der Waals surface area (Å²) in [5.74, 6) is 0.227. The Kier molecular flexibility index (Phi) is 4.97. The monoisotopic (exact) mass is 321 g/mol. The molecular weight excluding hydrogens is 302 g/mol. The SMILES string of the molecule is COc1ccc2nc(NC(=O)[C@@H](NC(C)=O)C(C)C)sc2c1. The number of thiazole rings is 1. The Labute approximate surface area is 132 Å². The van der Waals surface area contributed by atoms with E-state index in [1.165, 1.54) is 18.3 Å². The van der Waals surface area contributed by atoms with E-state index in [-0.39, 0.29) is 17.7 Å². The van der Waals surface area contributed by atoms with Crippen molar-refractivity contribution in [2.24, 2.45) is 5.92 Å². The number of carbonyl (C=O) groups is 2. The molecule has 0 aliphatic rings. The molecule has 1 atom stereocenters. The molecule has 0 bridgehead atoms. The van der Waals surface area contributed by atoms with Crippen molar-refractivity contribution in [3.63, 3.8) is 0 Å². The molecule has 0 saturated heterocycles. The highest BCUT2D eigenvalue weighted by Gasteiger charge is 2.23. The van der Waals surface area contributed by atoms with E-state index >= 15 is 0 Å². The van der Waals surface area contributed by atoms with Crippen LogP contribution < -0.4 is 15.4 Å². The van der Waals surface area contributed by atoms with Crippen LogP contribution in [0.4, 0.5) is 5.13 Å². The molecule has 0 radical (unpaired) electrons. The van der Waals surface area contributed by atoms with Gasteiger partial charge in [0.25, 0.3) is 0 Å². The second-order valence-electron chi connectivity index (χ2n) is 5.26. The summed E-state index contributed by atoms with van der Waals surface area (Å²) in [7, 11) is 1.60. The number of hydrogen-bond acceptors (Lipinski definition) is 5. The first-order valence-electron chi connectivity index (χ1n) is 6.93. The highest BCUT2D eigenvalue weighted by atomic mass is 32.1. The Morgan fingerprint density at radius 1 is 1.32 bits per heavy atom. The van der Waals surface area contributed by atoms with Crippen LogP contribution in [0.1, 0.15) is 20.8 Å². The summed E-state index contributed by atoms with van der Waals surface area (Å²) in [5.41, 5.74) is 0.793. The molecular formula is C15H19N3O3S. The van der Waals surface area contributed by atoms with E-state index in [0.717, 1.165) is 16.0 Å². The Balaban J connectivity index is 2.18. The lowest BCUT2D eigenvalue weighted by Crippen LogP contribution is -2.46. The van der Waals surface area contributed by atoms with Crippen molar-refractivity contribution in [2.45, 2.75) is 26.8 Å². The third kappa shape index (κ3) is 3.73. The average molecular weight is 321 g/mol. The van der Waals surface area contributed by atoms with E-state index in [0.29, 0.717) is 5.13 Å². The van der Waals surface area contributed by atoms with Crippen LogP contribution in [0, 0.1) is 5.92 Å². The largest absolute Gasteiger partial charge is 0.497 e. The maximum atomic E-state index is 12.3. The number of carbonyl (C=O) groups excluding carboxylic acids is 2. The number of ether oxygens (including phenoxy) is 1. The first kappa shape index (κ1) is 16.2. The second kappa shape index (κ2) is 6.74. The molecule has 0 unspecified atom stereocenters. The number of anilines is 1. The predicted molar refractivity (Wildman–Crippen MR) is 87.2 cm³/mol. The van der Waals surface area contributed by atoms with Crippen molar-refractivity contribution < 1.29 is 14.3 Å². The molecule has 0 aliphatic heterocycles. The van der Waals surface area contributed by atoms with E-state index < -0.39 is 6.04 Å². The van der Waals surface area contributed by atoms with Crippen LogP contribution in [0.15, 0.2) is 18.2 Å². The van der Waals surface area contributed by atoms with Crippen molar-refractivity contribution in [3.8, 4) is 5.75 Å². The third-order valence-electron chi connectivity index (χ3n) is 3.13. The zero-order chi connectivity index (χ0) is 16.3. The van der Waals surface area contributed by atoms with Crippen molar-refractivity contribution in [2.75, 3.05) is 12.4 Å². The van der Waals surface area contributed by atoms with E-state index in [4.69, 9.17) is 4.74 Å². The normalized spacial score (nSPS) is 12.2. The van der Waals surface area contributed by atoms with E-state index in [9.17, 15) is 9.59 Å². The summed E-state index contributed by atoms with van der Waals surface area (Å²) in [6, 6.07) is 4.95. The average Bonchev–Trinajstić information content (AvgIpc) is 2.84. The molecule has 0 fully saturated rings. The van der Waals surface area contributed by atoms with Gasteiger partial charge in [0.1, 0.15) is 11.8 Å². The summed E-state index contributed by atoms with van der Waals surface area (Å²) in [4.78, 5) is 27.9. The quantitative estimate of drug-likeness (QED) is 0.886. The number of aromatic nitrogens is 1. The summed E-state index contributed by atoms with van der Waals surface area (Å²) in [6.45, 7) is 5.15. The number of hydrogen-bond donors (Lipinski definition) is 2. The van der Waals surface area contributed by atoms with Gasteiger partial charge < -0.3 is 15.4 Å². The van der Waals surface area contributed by atoms with Crippen molar-refractivity contribution in [1.29, 1.82) is 0 Å². The van der Waals surface area contributed by atoms with Crippen LogP contribution in [-0.4, -0.2) is 29.9 Å². The number of nitrogens with one attached hydrogen (secondary N) is 2. The zero-order valence-corrected chi connectivity index (χ0v) is 13.8. The van der Waals surface area contributed by atoms with Crippen molar-refractivity contribution in [1.82, 2.24) is 10.3 Å². The minimum atomic E-state index is -0.584. The van der Waals surface area contributed by atoms with Gasteiger partial charge in [0, 0.05) is 6.92 Å². The molecule has 1 aromatic carbocycles. The lowest BCUT2D eigenvalue weighted by Gasteiger charge is -2.19. The van der Waals surface area contributed by atoms with Gasteiger partial charge in [0.05, 0.1) is 17.3 Å². The standard InChI is InChI=1S/C15H19N3O3S/c1-8(2)13(16-9(3)19)14(20)18-15-17-11-6-5-10(21-4)7-12(11)22-15/h5-8,13H,1-4H3,(H,16,19)(H,17,18,20)/t13-/m0/s1. The second-order valence-corrected chi connectivity index (χ2v) is 6.29. The fourth-order valence-corrected chi connectivity index (χ4v) is 2.92. The Hall–Kier alpha value is -2.15. The van der Waals surface area contributed by atoms with Crippen molar-refractivity contribution in [3.05, 3.63) is 18.2 Å². The van der Waals surface area contributed by atoms with Crippen LogP contribution in [0.2, 0.25) is 0 Å². The van der Waals surface area contributed by atoms with Gasteiger partial charge in [-0.25, -0.2) is 4.98 Å². The van der Waals surface area contributed by atoms with Gasteiger partial charge in [0.15, 0.2) is 5.13 Å². The smallest absolute Gasteiger partial charge is 0.248 e. The van der Waals surface area contributed by atoms with Crippen LogP contribution in [-0.2, 0) is 9.59 Å². The Morgan fingerprint density at radius 3 is 2.64 bits per heavy atom. The molecule has 6 nitrogen and oxygen atoms in total. The van der Waals surface area contributed by atoms with Crippen LogP contribution in [0.5, 0.6) is 5.75 Å². The number of fused-ring (bicyclic) bond motifs is 1. The molecule has 2 N–H and O–H groups in total. The summed E-state index contributed by atoms with van der Waals surface area (Å²) >= 11 is 1.37. The summed E-state index contributed by atoms with van der Waals surface area (Å²) in [6.07, 6.45) is 0. The number of amides is 2. The van der Waals surface area contributed by atoms with E-state index in [1.807, 2.05) is 32.0 Å². The van der Waals surface area contributed by atoms with Crippen LogP contribution in [0.25, 0.3) is 10.2 Å². The highest BCUT2D eigenvalue weighted by molar-refractivity contribution is 7.22. The number of nitrogens with zero attached hydrogens (tertiary/aromatic N) is 1. The van der Waals surface area contributed by atoms with Gasteiger partial charge in [-0.2, -0.15) is 0 Å². The van der Waals surface area contributed by atoms with E-state index in [2.05, 4.69) is 15.6 Å². The topological polar surface area (TPSA) is 80.3 Å². The van der Waals surface area contributed by atoms with Crippen LogP contribution in [0.3, 0.4) is 0 Å². The molecule has 1 aromatic heterocycles. The molecule has 0 saturated carbocycles. The van der Waals surface area contributed by atoms with Gasteiger partial charge in [-0.05, 0) is 24.1 Å². The Bertz CT molecular complexity index is 696. The lowest BCUT2D eigenvalue weighted by molar-refractivity contribution is -0.126. The van der Waals surface area contributed by atoms with E-state index in [1.54, 1.807) is 7.11 Å². The fraction of sp³-hybridized carbons (Fsp3) is 0.400. The third-order valence-corrected chi connectivity index (χ3v) is 4.07. The Morgan fingerprint density at radius 2 is 2.05 bits per heavy atom. The van der Waals surface area contributed by atoms with Gasteiger partial charge in [-0.3, -0.25) is 9.59 Å². The summed E-state index contributed by atoms with van der Waals surface area (Å²) < 4.78 is 6.10. The molecule has 7 heteroatoms. The summed E-state index contributed by atoms with van der Waals surface area (Å²) in [5, 5.41) is 5.93. The molecule has 2 amide bonds. The minimum Gasteiger partial charge on any atom is -0.497 e. The van der Waals surface area contributed by atoms with Gasteiger partial charge >= 0.3 is 0 Å². The molecule has 2 rings (SSSR count). The number of rotatable bonds is 5. The van der Waals surface area contributed by atoms with Gasteiger partial charge in [-0.15, -0.1) is 0 Å². The molecule has 2 aromatic rings. The van der Waals surface area contributed by atoms with Crippen molar-refractivity contribution >= 4 is 38.5 Å². The zero-order valence-electron chi connectivity index (χ0n) is 13.0. The first-order chi connectivity index (χ1) is 10.4. The molecule has 118 valence electrons. The molecule has 0 aliphatic carbocycles. The molecule has 0 spiro atoms. The van der Waals surface area contributed by atoms with Gasteiger partial charge in [0.2, 0.25) is 11.8 Å². The maximum absolute atomic E-state index is 12.3. The predicted octanol–water partition coefficient (Wildman–Crippen LogP) is 2.40. The van der Waals surface area contributed by atoms with Crippen LogP contribution >= 0.6 is 11.3 Å². The number of methoxy groups -OCH3 is 1. The fourth-order valence-electron chi connectivity index (χ4n) is 2.02. The molecule has 1 heterocycles. The lowest BCUT2D eigenvalue weighted by atomic mass is 10.0. The highest BCUT2D eigenvalue weighted by Crippen LogP contribution is 2.29. The maximum Gasteiger partial charge on any atom is 0.248 e. The van der Waals surface area contributed by atoms with Gasteiger partial charge in [-0.1, -0.05) is 25.2 Å².